The summed E-state index contributed by atoms with van der Waals surface area (Å²) in [6, 6.07) is 13.5. The van der Waals surface area contributed by atoms with Crippen LogP contribution in [0.15, 0.2) is 60.9 Å². The number of nitrogen functional groups attached to an aromatic ring is 1. The van der Waals surface area contributed by atoms with Gasteiger partial charge < -0.3 is 15.4 Å². The van der Waals surface area contributed by atoms with E-state index < -0.39 is 0 Å². The van der Waals surface area contributed by atoms with Crippen molar-refractivity contribution in [2.75, 3.05) is 38.4 Å². The molecule has 10 heteroatoms. The number of benzene rings is 2. The van der Waals surface area contributed by atoms with Crippen LogP contribution in [0.2, 0.25) is 5.02 Å². The molecule has 190 valence electrons. The predicted octanol–water partition coefficient (Wildman–Crippen LogP) is 4.34. The van der Waals surface area contributed by atoms with E-state index in [4.69, 9.17) is 27.2 Å². The minimum Gasteiger partial charge on any atom is -0.495 e. The Balaban J connectivity index is 1.52. The molecule has 1 saturated carbocycles. The Hall–Kier alpha value is -3.95. The summed E-state index contributed by atoms with van der Waals surface area (Å²) in [7, 11) is 5.37. The number of amides is 1. The van der Waals surface area contributed by atoms with Crippen LogP contribution in [0.5, 0.6) is 5.75 Å². The lowest BCUT2D eigenvalue weighted by atomic mass is 10.1. The number of nitrogens with two attached hydrogens (primary N) is 1. The molecule has 4 aromatic rings. The van der Waals surface area contributed by atoms with Crippen LogP contribution in [0.25, 0.3) is 28.0 Å². The molecule has 37 heavy (non-hydrogen) atoms. The van der Waals surface area contributed by atoms with Crippen LogP contribution < -0.4 is 15.4 Å². The second kappa shape index (κ2) is 10.2. The van der Waals surface area contributed by atoms with Crippen molar-refractivity contribution in [3.63, 3.8) is 0 Å². The van der Waals surface area contributed by atoms with Crippen molar-refractivity contribution in [2.45, 2.75) is 18.9 Å². The monoisotopic (exact) mass is 517 g/mol. The van der Waals surface area contributed by atoms with Gasteiger partial charge in [-0.15, -0.1) is 0 Å². The highest BCUT2D eigenvalue weighted by atomic mass is 35.5. The zero-order chi connectivity index (χ0) is 26.1. The Morgan fingerprint density at radius 1 is 1.19 bits per heavy atom. The number of fused-ring (bicyclic) bond motifs is 1. The highest BCUT2D eigenvalue weighted by Gasteiger charge is 2.25. The van der Waals surface area contributed by atoms with Crippen molar-refractivity contribution in [3.8, 4) is 22.7 Å². The molecular weight excluding hydrogens is 490 g/mol. The van der Waals surface area contributed by atoms with Crippen LogP contribution in [0, 0.1) is 0 Å². The van der Waals surface area contributed by atoms with Crippen LogP contribution in [0.1, 0.15) is 12.8 Å². The highest BCUT2D eigenvalue weighted by molar-refractivity contribution is 6.30. The van der Waals surface area contributed by atoms with Crippen LogP contribution in [-0.2, 0) is 4.79 Å². The third kappa shape index (κ3) is 5.00. The van der Waals surface area contributed by atoms with E-state index >= 15 is 0 Å². The molecule has 0 atom stereocenters. The first-order valence-electron chi connectivity index (χ1n) is 12.0. The lowest BCUT2D eigenvalue weighted by molar-refractivity contribution is -0.113. The molecule has 2 N–H and O–H groups in total. The zero-order valence-corrected chi connectivity index (χ0v) is 21.7. The summed E-state index contributed by atoms with van der Waals surface area (Å²) in [5.74, 6) is 0.730. The lowest BCUT2D eigenvalue weighted by Crippen LogP contribution is -2.26. The second-order valence-corrected chi connectivity index (χ2v) is 9.49. The third-order valence-corrected chi connectivity index (χ3v) is 6.79. The fourth-order valence-electron chi connectivity index (χ4n) is 4.25. The maximum Gasteiger partial charge on any atom is 0.250 e. The fraction of sp³-hybridized carbons (Fsp3) is 0.259. The standard InChI is InChI=1S/C27H28ClN7O2/c1-33(19-10-11-19)14-4-5-23(36)34(2)21-15-20(12-13-22(21)37-3)35-27-24(26(29)30-16-31-27)25(32-35)17-6-8-18(28)9-7-17/h4-9,12-13,15-16,19H,10-11,14H2,1-3H3,(H2,29,30,31). The Bertz CT molecular complexity index is 1480. The zero-order valence-electron chi connectivity index (χ0n) is 20.9. The number of carbonyl (C=O) groups is 1. The van der Waals surface area contributed by atoms with Crippen LogP contribution in [-0.4, -0.2) is 64.3 Å². The van der Waals surface area contributed by atoms with Crippen molar-refractivity contribution in [3.05, 3.63) is 66.0 Å². The molecule has 5 rings (SSSR count). The Labute approximate surface area is 220 Å². The van der Waals surface area contributed by atoms with Crippen molar-refractivity contribution in [1.29, 1.82) is 0 Å². The molecule has 0 saturated heterocycles. The first-order valence-corrected chi connectivity index (χ1v) is 12.3. The molecule has 2 aromatic carbocycles. The maximum atomic E-state index is 13.0. The van der Waals surface area contributed by atoms with Gasteiger partial charge in [-0.25, -0.2) is 14.6 Å². The first-order chi connectivity index (χ1) is 17.9. The average molecular weight is 518 g/mol. The molecular formula is C27H28ClN7O2. The fourth-order valence-corrected chi connectivity index (χ4v) is 4.38. The molecule has 1 aliphatic rings. The minimum atomic E-state index is -0.154. The van der Waals surface area contributed by atoms with Gasteiger partial charge >= 0.3 is 0 Å². The summed E-state index contributed by atoms with van der Waals surface area (Å²) >= 11 is 6.09. The van der Waals surface area contributed by atoms with Gasteiger partial charge in [-0.05, 0) is 50.2 Å². The molecule has 2 heterocycles. The van der Waals surface area contributed by atoms with Crippen molar-refractivity contribution in [1.82, 2.24) is 24.6 Å². The normalized spacial score (nSPS) is 13.5. The first kappa shape index (κ1) is 24.7. The maximum absolute atomic E-state index is 13.0. The number of ether oxygens (including phenoxy) is 1. The molecule has 2 aromatic heterocycles. The number of rotatable bonds is 8. The molecule has 0 aliphatic heterocycles. The quantitative estimate of drug-likeness (QED) is 0.347. The number of methoxy groups -OCH3 is 1. The SMILES string of the molecule is COc1ccc(-n2nc(-c3ccc(Cl)cc3)c3c(N)ncnc32)cc1N(C)C(=O)C=CCN(C)C1CC1. The van der Waals surface area contributed by atoms with Gasteiger partial charge in [0.2, 0.25) is 0 Å². The molecule has 1 amide bonds. The van der Waals surface area contributed by atoms with E-state index in [9.17, 15) is 4.79 Å². The van der Waals surface area contributed by atoms with Crippen molar-refractivity contribution in [2.24, 2.45) is 0 Å². The smallest absolute Gasteiger partial charge is 0.250 e. The van der Waals surface area contributed by atoms with E-state index in [1.807, 2.05) is 30.3 Å². The number of likely N-dealkylation sites (N-methyl/N-ethyl adjacent to an activating group) is 2. The number of anilines is 2. The number of hydrogen-bond acceptors (Lipinski definition) is 7. The van der Waals surface area contributed by atoms with Crippen LogP contribution in [0.4, 0.5) is 11.5 Å². The summed E-state index contributed by atoms with van der Waals surface area (Å²) in [5, 5.41) is 6.10. The van der Waals surface area contributed by atoms with Gasteiger partial charge in [-0.1, -0.05) is 29.8 Å². The number of aromatic nitrogens is 4. The van der Waals surface area contributed by atoms with E-state index in [2.05, 4.69) is 21.9 Å². The predicted molar refractivity (Wildman–Crippen MR) is 146 cm³/mol. The van der Waals surface area contributed by atoms with Gasteiger partial charge in [0.15, 0.2) is 5.65 Å². The second-order valence-electron chi connectivity index (χ2n) is 9.05. The molecule has 9 nitrogen and oxygen atoms in total. The van der Waals surface area contributed by atoms with E-state index in [0.717, 1.165) is 12.1 Å². The summed E-state index contributed by atoms with van der Waals surface area (Å²) in [6.07, 6.45) is 7.35. The molecule has 0 radical (unpaired) electrons. The summed E-state index contributed by atoms with van der Waals surface area (Å²) < 4.78 is 7.26. The Morgan fingerprint density at radius 3 is 2.65 bits per heavy atom. The molecule has 0 bridgehead atoms. The van der Waals surface area contributed by atoms with Gasteiger partial charge in [-0.2, -0.15) is 5.10 Å². The number of nitrogens with zero attached hydrogens (tertiary/aromatic N) is 6. The summed E-state index contributed by atoms with van der Waals surface area (Å²) in [5.41, 5.74) is 9.56. The topological polar surface area (TPSA) is 102 Å². The third-order valence-electron chi connectivity index (χ3n) is 6.53. The largest absolute Gasteiger partial charge is 0.495 e. The van der Waals surface area contributed by atoms with Gasteiger partial charge in [-0.3, -0.25) is 9.69 Å². The summed E-state index contributed by atoms with van der Waals surface area (Å²) in [6.45, 7) is 0.731. The number of halogens is 1. The van der Waals surface area contributed by atoms with E-state index in [1.54, 1.807) is 48.0 Å². The van der Waals surface area contributed by atoms with Gasteiger partial charge in [0.25, 0.3) is 5.91 Å². The van der Waals surface area contributed by atoms with Crippen LogP contribution >= 0.6 is 11.6 Å². The van der Waals surface area contributed by atoms with E-state index in [0.29, 0.717) is 50.7 Å². The molecule has 0 spiro atoms. The Kier molecular flexibility index (Phi) is 6.82. The van der Waals surface area contributed by atoms with Gasteiger partial charge in [0.1, 0.15) is 23.6 Å². The van der Waals surface area contributed by atoms with Gasteiger partial charge in [0.05, 0.1) is 23.9 Å². The van der Waals surface area contributed by atoms with E-state index in [1.165, 1.54) is 19.2 Å². The summed E-state index contributed by atoms with van der Waals surface area (Å²) in [4.78, 5) is 25.4. The van der Waals surface area contributed by atoms with Gasteiger partial charge in [0, 0.05) is 36.3 Å². The molecule has 1 fully saturated rings. The Morgan fingerprint density at radius 2 is 1.95 bits per heavy atom. The minimum absolute atomic E-state index is 0.154. The number of carbonyl (C=O) groups excluding carboxylic acids is 1. The highest BCUT2D eigenvalue weighted by Crippen LogP contribution is 2.35. The van der Waals surface area contributed by atoms with E-state index in [-0.39, 0.29) is 5.91 Å². The van der Waals surface area contributed by atoms with Crippen LogP contribution in [0.3, 0.4) is 0 Å². The average Bonchev–Trinajstić information content (AvgIpc) is 3.69. The van der Waals surface area contributed by atoms with Crippen molar-refractivity contribution < 1.29 is 9.53 Å². The number of hydrogen-bond donors (Lipinski definition) is 1. The van der Waals surface area contributed by atoms with Crippen molar-refractivity contribution >= 4 is 40.0 Å². The molecule has 0 unspecified atom stereocenters. The lowest BCUT2D eigenvalue weighted by Gasteiger charge is -2.20. The molecule has 1 aliphatic carbocycles.